The predicted octanol–water partition coefficient (Wildman–Crippen LogP) is 0.905. The number of thioether (sulfide) groups is 1. The van der Waals surface area contributed by atoms with Crippen molar-refractivity contribution in [3.8, 4) is 5.88 Å². The normalized spacial score (nSPS) is 9.69. The van der Waals surface area contributed by atoms with Crippen molar-refractivity contribution in [1.29, 1.82) is 0 Å². The summed E-state index contributed by atoms with van der Waals surface area (Å²) in [5.41, 5.74) is 0.0116. The van der Waals surface area contributed by atoms with Gasteiger partial charge in [0.2, 0.25) is 5.88 Å². The molecule has 0 bridgehead atoms. The standard InChI is InChI=1S/C7H8N2O3S/c1-12-5-4(7(10)11)6(13-2)9-3-8-5/h3H,1-2H3,(H,10,11). The molecule has 1 rings (SSSR count). The number of rotatable bonds is 3. The van der Waals surface area contributed by atoms with Gasteiger partial charge in [0.25, 0.3) is 0 Å². The number of hydrogen-bond donors (Lipinski definition) is 1. The zero-order valence-electron chi connectivity index (χ0n) is 7.14. The van der Waals surface area contributed by atoms with Gasteiger partial charge in [-0.25, -0.2) is 14.8 Å². The highest BCUT2D eigenvalue weighted by Crippen LogP contribution is 2.23. The van der Waals surface area contributed by atoms with E-state index in [1.807, 2.05) is 0 Å². The quantitative estimate of drug-likeness (QED) is 0.577. The maximum Gasteiger partial charge on any atom is 0.344 e. The van der Waals surface area contributed by atoms with E-state index in [9.17, 15) is 4.79 Å². The van der Waals surface area contributed by atoms with Gasteiger partial charge >= 0.3 is 5.97 Å². The van der Waals surface area contributed by atoms with Crippen molar-refractivity contribution in [3.05, 3.63) is 11.9 Å². The van der Waals surface area contributed by atoms with Crippen LogP contribution in [0.5, 0.6) is 5.88 Å². The molecule has 0 aromatic carbocycles. The van der Waals surface area contributed by atoms with Crippen LogP contribution in [0.25, 0.3) is 0 Å². The molecule has 1 N–H and O–H groups in total. The lowest BCUT2D eigenvalue weighted by Crippen LogP contribution is -2.05. The Hall–Kier alpha value is -1.30. The smallest absolute Gasteiger partial charge is 0.344 e. The number of ether oxygens (including phenoxy) is 1. The Labute approximate surface area is 79.2 Å². The van der Waals surface area contributed by atoms with Crippen molar-refractivity contribution in [2.24, 2.45) is 0 Å². The monoisotopic (exact) mass is 200 g/mol. The maximum atomic E-state index is 10.8. The van der Waals surface area contributed by atoms with Gasteiger partial charge in [-0.05, 0) is 6.26 Å². The van der Waals surface area contributed by atoms with Crippen LogP contribution in [0.3, 0.4) is 0 Å². The fourth-order valence-corrected chi connectivity index (χ4v) is 1.38. The summed E-state index contributed by atoms with van der Waals surface area (Å²) in [5.74, 6) is -0.992. The molecule has 0 saturated heterocycles. The number of carboxylic acid groups (broad SMARTS) is 1. The van der Waals surface area contributed by atoms with Crippen LogP contribution >= 0.6 is 11.8 Å². The second-order valence-electron chi connectivity index (χ2n) is 2.07. The first-order valence-corrected chi connectivity index (χ1v) is 4.59. The highest BCUT2D eigenvalue weighted by atomic mass is 32.2. The summed E-state index contributed by atoms with van der Waals surface area (Å²) >= 11 is 1.24. The van der Waals surface area contributed by atoms with E-state index >= 15 is 0 Å². The van der Waals surface area contributed by atoms with Crippen LogP contribution in [-0.2, 0) is 0 Å². The summed E-state index contributed by atoms with van der Waals surface area (Å²) in [5, 5.41) is 9.24. The van der Waals surface area contributed by atoms with Crippen LogP contribution in [0.2, 0.25) is 0 Å². The van der Waals surface area contributed by atoms with E-state index in [-0.39, 0.29) is 11.4 Å². The highest BCUT2D eigenvalue weighted by molar-refractivity contribution is 7.98. The predicted molar refractivity (Wildman–Crippen MR) is 47.3 cm³/mol. The van der Waals surface area contributed by atoms with E-state index < -0.39 is 5.97 Å². The number of aromatic carboxylic acids is 1. The van der Waals surface area contributed by atoms with Gasteiger partial charge in [-0.3, -0.25) is 0 Å². The molecule has 0 atom stereocenters. The third-order valence-electron chi connectivity index (χ3n) is 1.38. The lowest BCUT2D eigenvalue weighted by molar-refractivity contribution is 0.0687. The van der Waals surface area contributed by atoms with E-state index in [2.05, 4.69) is 9.97 Å². The Morgan fingerprint density at radius 2 is 2.31 bits per heavy atom. The van der Waals surface area contributed by atoms with Crippen LogP contribution in [0.1, 0.15) is 10.4 Å². The summed E-state index contributed by atoms with van der Waals surface area (Å²) < 4.78 is 4.80. The zero-order valence-corrected chi connectivity index (χ0v) is 7.96. The third-order valence-corrected chi connectivity index (χ3v) is 2.07. The minimum Gasteiger partial charge on any atom is -0.480 e. The van der Waals surface area contributed by atoms with Crippen molar-refractivity contribution >= 4 is 17.7 Å². The molecule has 0 unspecified atom stereocenters. The fraction of sp³-hybridized carbons (Fsp3) is 0.286. The minimum atomic E-state index is -1.08. The third kappa shape index (κ3) is 1.89. The first-order chi connectivity index (χ1) is 6.20. The van der Waals surface area contributed by atoms with Crippen molar-refractivity contribution in [3.63, 3.8) is 0 Å². The van der Waals surface area contributed by atoms with Gasteiger partial charge in [0, 0.05) is 0 Å². The van der Waals surface area contributed by atoms with Gasteiger partial charge in [-0.2, -0.15) is 0 Å². The molecular formula is C7H8N2O3S. The number of carboxylic acids is 1. The number of hydrogen-bond acceptors (Lipinski definition) is 5. The summed E-state index contributed by atoms with van der Waals surface area (Å²) in [6.07, 6.45) is 3.02. The summed E-state index contributed by atoms with van der Waals surface area (Å²) in [4.78, 5) is 18.3. The van der Waals surface area contributed by atoms with Crippen LogP contribution in [0, 0.1) is 0 Å². The highest BCUT2D eigenvalue weighted by Gasteiger charge is 2.17. The lowest BCUT2D eigenvalue weighted by atomic mass is 10.3. The number of carbonyl (C=O) groups is 1. The van der Waals surface area contributed by atoms with E-state index in [4.69, 9.17) is 9.84 Å². The van der Waals surface area contributed by atoms with Crippen molar-refractivity contribution < 1.29 is 14.6 Å². The number of nitrogens with zero attached hydrogens (tertiary/aromatic N) is 2. The Bertz CT molecular complexity index is 307. The van der Waals surface area contributed by atoms with Crippen molar-refractivity contribution in [2.45, 2.75) is 5.03 Å². The van der Waals surface area contributed by atoms with Crippen molar-refractivity contribution in [1.82, 2.24) is 9.97 Å². The molecule has 0 aliphatic rings. The van der Waals surface area contributed by atoms with Gasteiger partial charge in [0.1, 0.15) is 11.4 Å². The van der Waals surface area contributed by atoms with Gasteiger partial charge < -0.3 is 9.84 Å². The molecular weight excluding hydrogens is 192 g/mol. The molecule has 0 aliphatic heterocycles. The van der Waals surface area contributed by atoms with Crippen LogP contribution in [0.15, 0.2) is 11.4 Å². The first kappa shape index (κ1) is 9.79. The molecule has 1 heterocycles. The Kier molecular flexibility index (Phi) is 3.07. The molecule has 70 valence electrons. The molecule has 0 aliphatic carbocycles. The van der Waals surface area contributed by atoms with Crippen LogP contribution < -0.4 is 4.74 Å². The van der Waals surface area contributed by atoms with Crippen LogP contribution in [-0.4, -0.2) is 34.4 Å². The summed E-state index contributed by atoms with van der Waals surface area (Å²) in [6.45, 7) is 0. The molecule has 13 heavy (non-hydrogen) atoms. The zero-order chi connectivity index (χ0) is 9.84. The van der Waals surface area contributed by atoms with E-state index in [1.165, 1.54) is 25.2 Å². The SMILES string of the molecule is COc1ncnc(SC)c1C(=O)O. The largest absolute Gasteiger partial charge is 0.480 e. The molecule has 0 spiro atoms. The van der Waals surface area contributed by atoms with Crippen molar-refractivity contribution in [2.75, 3.05) is 13.4 Å². The molecule has 1 aromatic rings. The molecule has 0 amide bonds. The molecule has 0 radical (unpaired) electrons. The van der Waals surface area contributed by atoms with E-state index in [0.717, 1.165) is 0 Å². The topological polar surface area (TPSA) is 72.3 Å². The average Bonchev–Trinajstić information content (AvgIpc) is 2.16. The molecule has 0 fully saturated rings. The molecule has 6 heteroatoms. The average molecular weight is 200 g/mol. The van der Waals surface area contributed by atoms with Gasteiger partial charge in [0.05, 0.1) is 7.11 Å². The van der Waals surface area contributed by atoms with Gasteiger partial charge in [0.15, 0.2) is 5.56 Å². The second kappa shape index (κ2) is 4.08. The van der Waals surface area contributed by atoms with E-state index in [0.29, 0.717) is 5.03 Å². The Morgan fingerprint density at radius 3 is 2.77 bits per heavy atom. The number of aromatic nitrogens is 2. The molecule has 0 saturated carbocycles. The first-order valence-electron chi connectivity index (χ1n) is 3.37. The van der Waals surface area contributed by atoms with Gasteiger partial charge in [-0.1, -0.05) is 0 Å². The maximum absolute atomic E-state index is 10.8. The minimum absolute atomic E-state index is 0.0116. The Morgan fingerprint density at radius 1 is 1.62 bits per heavy atom. The summed E-state index contributed by atoms with van der Waals surface area (Å²) in [7, 11) is 1.37. The Balaban J connectivity index is 3.29. The van der Waals surface area contributed by atoms with E-state index in [1.54, 1.807) is 6.26 Å². The molecule has 5 nitrogen and oxygen atoms in total. The number of methoxy groups -OCH3 is 1. The molecule has 1 aromatic heterocycles. The summed E-state index contributed by atoms with van der Waals surface area (Å²) in [6, 6.07) is 0. The second-order valence-corrected chi connectivity index (χ2v) is 2.87. The fourth-order valence-electron chi connectivity index (χ4n) is 0.847. The van der Waals surface area contributed by atoms with Gasteiger partial charge in [-0.15, -0.1) is 11.8 Å². The lowest BCUT2D eigenvalue weighted by Gasteiger charge is -2.05. The van der Waals surface area contributed by atoms with Crippen LogP contribution in [0.4, 0.5) is 0 Å².